The number of aromatic nitrogens is 5. The van der Waals surface area contributed by atoms with E-state index in [0.29, 0.717) is 47.8 Å². The largest absolute Gasteiger partial charge is 0.497 e. The average Bonchev–Trinajstić information content (AvgIpc) is 3.58. The van der Waals surface area contributed by atoms with Crippen LogP contribution in [0.1, 0.15) is 28.8 Å². The predicted molar refractivity (Wildman–Crippen MR) is 149 cm³/mol. The first kappa shape index (κ1) is 25.5. The van der Waals surface area contributed by atoms with Crippen molar-refractivity contribution in [1.82, 2.24) is 24.7 Å². The quantitative estimate of drug-likeness (QED) is 0.282. The molecule has 1 fully saturated rings. The van der Waals surface area contributed by atoms with Gasteiger partial charge >= 0.3 is 0 Å². The molecular weight excluding hydrogens is 513 g/mol. The van der Waals surface area contributed by atoms with E-state index in [4.69, 9.17) is 4.74 Å². The third-order valence-corrected chi connectivity index (χ3v) is 7.02. The summed E-state index contributed by atoms with van der Waals surface area (Å²) < 4.78 is 21.3. The molecule has 1 saturated heterocycles. The molecule has 11 heteroatoms. The Balaban J connectivity index is 1.26. The van der Waals surface area contributed by atoms with Crippen LogP contribution in [0.2, 0.25) is 0 Å². The van der Waals surface area contributed by atoms with E-state index in [1.807, 2.05) is 30.3 Å². The highest BCUT2D eigenvalue weighted by molar-refractivity contribution is 6.03. The number of piperidine rings is 1. The highest BCUT2D eigenvalue weighted by Crippen LogP contribution is 2.26. The topological polar surface area (TPSA) is 121 Å². The summed E-state index contributed by atoms with van der Waals surface area (Å²) in [6.45, 7) is 1.83. The van der Waals surface area contributed by atoms with Gasteiger partial charge in [-0.25, -0.2) is 14.4 Å². The van der Waals surface area contributed by atoms with Gasteiger partial charge in [0.05, 0.1) is 30.8 Å². The van der Waals surface area contributed by atoms with Crippen LogP contribution in [0.4, 0.5) is 16.0 Å². The number of aliphatic hydroxyl groups is 1. The maximum Gasteiger partial charge on any atom is 0.258 e. The van der Waals surface area contributed by atoms with Crippen LogP contribution in [0.5, 0.6) is 5.75 Å². The smallest absolute Gasteiger partial charge is 0.258 e. The number of benzene rings is 2. The Morgan fingerprint density at radius 3 is 2.65 bits per heavy atom. The van der Waals surface area contributed by atoms with Crippen molar-refractivity contribution in [2.45, 2.75) is 25.5 Å². The number of anilines is 2. The van der Waals surface area contributed by atoms with Gasteiger partial charge in [0.1, 0.15) is 22.8 Å². The van der Waals surface area contributed by atoms with Gasteiger partial charge in [0.2, 0.25) is 0 Å². The summed E-state index contributed by atoms with van der Waals surface area (Å²) in [5.74, 6) is 1.48. The summed E-state index contributed by atoms with van der Waals surface area (Å²) >= 11 is 0. The molecule has 0 spiro atoms. The number of amides is 1. The summed E-state index contributed by atoms with van der Waals surface area (Å²) in [5.41, 5.74) is 2.72. The number of nitrogens with one attached hydrogen (secondary N) is 2. The van der Waals surface area contributed by atoms with E-state index in [1.54, 1.807) is 36.1 Å². The summed E-state index contributed by atoms with van der Waals surface area (Å²) in [5, 5.41) is 17.2. The summed E-state index contributed by atoms with van der Waals surface area (Å²) in [6, 6.07) is 17.6. The molecule has 0 aliphatic carbocycles. The number of carbonyl (C=O) groups excluding carboxylic acids is 1. The van der Waals surface area contributed by atoms with Gasteiger partial charge in [0.25, 0.3) is 5.91 Å². The Hall–Kier alpha value is -4.77. The molecule has 5 aromatic rings. The van der Waals surface area contributed by atoms with Gasteiger partial charge in [-0.05, 0) is 54.8 Å². The molecule has 1 amide bonds. The Labute approximate surface area is 229 Å². The van der Waals surface area contributed by atoms with Crippen molar-refractivity contribution in [2.24, 2.45) is 0 Å². The fraction of sp³-hybridized carbons (Fsp3) is 0.241. The number of para-hydroxylation sites is 1. The zero-order chi connectivity index (χ0) is 27.6. The van der Waals surface area contributed by atoms with Crippen LogP contribution in [0, 0.1) is 5.82 Å². The van der Waals surface area contributed by atoms with E-state index < -0.39 is 5.82 Å². The van der Waals surface area contributed by atoms with E-state index >= 15 is 0 Å². The lowest BCUT2D eigenvalue weighted by molar-refractivity contribution is 0.102. The van der Waals surface area contributed by atoms with Crippen LogP contribution in [-0.2, 0) is 6.54 Å². The molecule has 0 saturated carbocycles. The fourth-order valence-electron chi connectivity index (χ4n) is 4.80. The van der Waals surface area contributed by atoms with E-state index in [0.717, 1.165) is 30.2 Å². The van der Waals surface area contributed by atoms with Crippen molar-refractivity contribution < 1.29 is 19.0 Å². The molecule has 0 bridgehead atoms. The maximum atomic E-state index is 14.4. The summed E-state index contributed by atoms with van der Waals surface area (Å²) in [6.07, 6.45) is 2.66. The minimum Gasteiger partial charge on any atom is -0.497 e. The van der Waals surface area contributed by atoms with Gasteiger partial charge in [-0.3, -0.25) is 9.48 Å². The molecular formula is C29H28FN7O3. The molecule has 0 unspecified atom stereocenters. The minimum atomic E-state index is -0.425. The van der Waals surface area contributed by atoms with E-state index in [-0.39, 0.29) is 17.5 Å². The zero-order valence-corrected chi connectivity index (χ0v) is 21.8. The van der Waals surface area contributed by atoms with Crippen molar-refractivity contribution in [3.8, 4) is 17.3 Å². The molecule has 2 aromatic carbocycles. The van der Waals surface area contributed by atoms with Crippen molar-refractivity contribution >= 4 is 28.6 Å². The van der Waals surface area contributed by atoms with Gasteiger partial charge in [-0.1, -0.05) is 18.2 Å². The number of aliphatic hydroxyl groups excluding tert-OH is 1. The lowest BCUT2D eigenvalue weighted by Gasteiger charge is -2.30. The molecule has 0 atom stereocenters. The number of hydrogen-bond donors (Lipinski definition) is 3. The number of pyridine rings is 1. The average molecular weight is 542 g/mol. The van der Waals surface area contributed by atoms with Crippen LogP contribution in [0.3, 0.4) is 0 Å². The van der Waals surface area contributed by atoms with Crippen LogP contribution in [-0.4, -0.2) is 62.0 Å². The zero-order valence-electron chi connectivity index (χ0n) is 21.8. The van der Waals surface area contributed by atoms with Gasteiger partial charge in [-0.15, -0.1) is 0 Å². The van der Waals surface area contributed by atoms with Crippen LogP contribution in [0.25, 0.3) is 22.6 Å². The number of aromatic amines is 1. The van der Waals surface area contributed by atoms with E-state index in [1.165, 1.54) is 12.3 Å². The number of imidazole rings is 1. The highest BCUT2D eigenvalue weighted by atomic mass is 19.1. The number of hydrogen-bond acceptors (Lipinski definition) is 7. The van der Waals surface area contributed by atoms with Crippen LogP contribution in [0.15, 0.2) is 66.9 Å². The third kappa shape index (κ3) is 5.23. The molecule has 3 N–H and O–H groups in total. The standard InChI is InChI=1S/C29H28FN7O3/c1-40-21-8-5-18(6-9-21)17-37-24(28-32-23-4-2-3-22(30)27(23)34-28)15-25(35-37)33-29(39)19-7-10-26(31-16-19)36-13-11-20(38)12-14-36/h2-10,15-16,20,38H,11-14,17H2,1H3,(H,32,34)(H,33,35,39). The number of ether oxygens (including phenoxy) is 1. The van der Waals surface area contributed by atoms with Crippen molar-refractivity contribution in [3.63, 3.8) is 0 Å². The van der Waals surface area contributed by atoms with E-state index in [9.17, 15) is 14.3 Å². The molecule has 0 radical (unpaired) electrons. The molecule has 1 aliphatic heterocycles. The normalized spacial score (nSPS) is 14.0. The number of H-pyrrole nitrogens is 1. The maximum absolute atomic E-state index is 14.4. The Morgan fingerprint density at radius 2 is 1.95 bits per heavy atom. The van der Waals surface area contributed by atoms with Crippen molar-refractivity contribution in [2.75, 3.05) is 30.4 Å². The number of fused-ring (bicyclic) bond motifs is 1. The van der Waals surface area contributed by atoms with Gasteiger partial charge in [0.15, 0.2) is 17.5 Å². The van der Waals surface area contributed by atoms with Crippen molar-refractivity contribution in [1.29, 1.82) is 0 Å². The monoisotopic (exact) mass is 541 g/mol. The molecule has 6 rings (SSSR count). The molecule has 3 aromatic heterocycles. The Morgan fingerprint density at radius 1 is 1.15 bits per heavy atom. The predicted octanol–water partition coefficient (Wildman–Crippen LogP) is 4.23. The number of carbonyl (C=O) groups is 1. The Bertz CT molecular complexity index is 1640. The number of halogens is 1. The Kier molecular flexibility index (Phi) is 6.87. The van der Waals surface area contributed by atoms with Gasteiger partial charge in [-0.2, -0.15) is 5.10 Å². The summed E-state index contributed by atoms with van der Waals surface area (Å²) in [4.78, 5) is 27.3. The fourth-order valence-corrected chi connectivity index (χ4v) is 4.80. The second-order valence-corrected chi connectivity index (χ2v) is 9.72. The second kappa shape index (κ2) is 10.8. The SMILES string of the molecule is COc1ccc(Cn2nc(NC(=O)c3ccc(N4CCC(O)CC4)nc3)cc2-c2nc3c(F)cccc3[nH]2)cc1. The number of rotatable bonds is 7. The summed E-state index contributed by atoms with van der Waals surface area (Å²) in [7, 11) is 1.61. The molecule has 204 valence electrons. The third-order valence-electron chi connectivity index (χ3n) is 7.02. The number of nitrogens with zero attached hydrogens (tertiary/aromatic N) is 5. The van der Waals surface area contributed by atoms with Crippen LogP contribution < -0.4 is 15.0 Å². The first-order valence-corrected chi connectivity index (χ1v) is 13.0. The van der Waals surface area contributed by atoms with Crippen LogP contribution >= 0.6 is 0 Å². The lowest BCUT2D eigenvalue weighted by Crippen LogP contribution is -2.36. The number of methoxy groups -OCH3 is 1. The van der Waals surface area contributed by atoms with E-state index in [2.05, 4.69) is 30.3 Å². The lowest BCUT2D eigenvalue weighted by atomic mass is 10.1. The minimum absolute atomic E-state index is 0.231. The molecule has 10 nitrogen and oxygen atoms in total. The van der Waals surface area contributed by atoms with Gasteiger partial charge < -0.3 is 25.0 Å². The molecule has 40 heavy (non-hydrogen) atoms. The second-order valence-electron chi connectivity index (χ2n) is 9.72. The molecule has 1 aliphatic rings. The first-order valence-electron chi connectivity index (χ1n) is 13.0. The first-order chi connectivity index (χ1) is 19.5. The highest BCUT2D eigenvalue weighted by Gasteiger charge is 2.20. The molecule has 4 heterocycles. The van der Waals surface area contributed by atoms with Gasteiger partial charge in [0, 0.05) is 25.4 Å². The van der Waals surface area contributed by atoms with Crippen molar-refractivity contribution in [3.05, 3.63) is 83.8 Å².